The van der Waals surface area contributed by atoms with E-state index in [1.54, 1.807) is 0 Å². The van der Waals surface area contributed by atoms with Gasteiger partial charge in [-0.3, -0.25) is 4.79 Å². The van der Waals surface area contributed by atoms with E-state index in [1.807, 2.05) is 79.4 Å². The van der Waals surface area contributed by atoms with E-state index in [-0.39, 0.29) is 35.3 Å². The van der Waals surface area contributed by atoms with E-state index in [0.717, 1.165) is 33.4 Å². The number of benzene rings is 2. The Morgan fingerprint density at radius 2 is 1.33 bits per heavy atom. The SMILES string of the molecule is Cc1ccccc1/C=C1\CN(C(=S)[S-])C/C(=C\c2ccccc2C)C1=O.[Na+]. The first kappa shape index (κ1) is 22.0. The van der Waals surface area contributed by atoms with Gasteiger partial charge < -0.3 is 29.7 Å². The summed E-state index contributed by atoms with van der Waals surface area (Å²) in [6, 6.07) is 16.1. The van der Waals surface area contributed by atoms with E-state index < -0.39 is 0 Å². The normalized spacial score (nSPS) is 17.1. The average molecular weight is 402 g/mol. The summed E-state index contributed by atoms with van der Waals surface area (Å²) in [4.78, 5) is 15.0. The number of carbonyl (C=O) groups is 1. The number of carbonyl (C=O) groups excluding carboxylic acids is 1. The van der Waals surface area contributed by atoms with Crippen LogP contribution >= 0.6 is 12.2 Å². The number of ketones is 1. The number of hydrogen-bond acceptors (Lipinski definition) is 3. The smallest absolute Gasteiger partial charge is 0.411 e. The van der Waals surface area contributed by atoms with Crippen molar-refractivity contribution in [1.29, 1.82) is 0 Å². The predicted molar refractivity (Wildman–Crippen MR) is 115 cm³/mol. The van der Waals surface area contributed by atoms with Crippen LogP contribution in [-0.2, 0) is 17.4 Å². The standard InChI is InChI=1S/C22H21NOS2.Na/c1-15-7-3-5-9-17(15)11-19-13-23(22(25)26)14-20(21(19)24)12-18-10-6-4-8-16(18)2;/h3-12H,13-14H2,1-2H3,(H,25,26);/q;+1/p-1/b19-11+,20-12+;. The van der Waals surface area contributed by atoms with E-state index in [1.165, 1.54) is 0 Å². The van der Waals surface area contributed by atoms with Crippen molar-refractivity contribution < 1.29 is 34.4 Å². The summed E-state index contributed by atoms with van der Waals surface area (Å²) < 4.78 is 0.392. The molecule has 1 aliphatic rings. The molecule has 0 N–H and O–H groups in total. The van der Waals surface area contributed by atoms with Gasteiger partial charge in [-0.25, -0.2) is 0 Å². The Hall–Kier alpha value is -1.30. The first-order valence-corrected chi connectivity index (χ1v) is 9.30. The minimum Gasteiger partial charge on any atom is -0.411 e. The number of piperidine rings is 1. The van der Waals surface area contributed by atoms with E-state index in [9.17, 15) is 4.79 Å². The van der Waals surface area contributed by atoms with Gasteiger partial charge in [-0.15, -0.1) is 0 Å². The molecule has 0 aliphatic carbocycles. The average Bonchev–Trinajstić information content (AvgIpc) is 2.61. The second kappa shape index (κ2) is 9.76. The van der Waals surface area contributed by atoms with Gasteiger partial charge in [0, 0.05) is 24.2 Å². The van der Waals surface area contributed by atoms with Crippen LogP contribution in [0.5, 0.6) is 0 Å². The monoisotopic (exact) mass is 401 g/mol. The molecule has 1 heterocycles. The van der Waals surface area contributed by atoms with Crippen molar-refractivity contribution >= 4 is 47.1 Å². The molecule has 0 amide bonds. The van der Waals surface area contributed by atoms with Gasteiger partial charge in [0.2, 0.25) is 0 Å². The molecule has 1 aliphatic heterocycles. The van der Waals surface area contributed by atoms with Crippen molar-refractivity contribution in [2.45, 2.75) is 13.8 Å². The van der Waals surface area contributed by atoms with Crippen LogP contribution in [0.2, 0.25) is 0 Å². The Bertz CT molecular complexity index is 866. The van der Waals surface area contributed by atoms with Gasteiger partial charge in [0.15, 0.2) is 5.78 Å². The Labute approximate surface area is 194 Å². The first-order valence-electron chi connectivity index (χ1n) is 8.48. The molecule has 2 nitrogen and oxygen atoms in total. The van der Waals surface area contributed by atoms with Crippen molar-refractivity contribution in [2.24, 2.45) is 0 Å². The number of hydrogen-bond donors (Lipinski definition) is 0. The predicted octanol–water partition coefficient (Wildman–Crippen LogP) is 1.49. The van der Waals surface area contributed by atoms with Crippen molar-refractivity contribution in [3.8, 4) is 0 Å². The number of Topliss-reactive ketones (excluding diaryl/α,β-unsaturated/α-hetero) is 1. The van der Waals surface area contributed by atoms with Crippen LogP contribution in [0.15, 0.2) is 59.7 Å². The van der Waals surface area contributed by atoms with E-state index >= 15 is 0 Å². The third-order valence-corrected chi connectivity index (χ3v) is 5.12. The van der Waals surface area contributed by atoms with Gasteiger partial charge in [-0.2, -0.15) is 0 Å². The Kier molecular flexibility index (Phi) is 7.95. The van der Waals surface area contributed by atoms with Crippen LogP contribution in [0.25, 0.3) is 12.2 Å². The van der Waals surface area contributed by atoms with Crippen LogP contribution in [-0.4, -0.2) is 28.1 Å². The second-order valence-corrected chi connectivity index (χ2v) is 7.54. The van der Waals surface area contributed by atoms with Crippen LogP contribution in [0, 0.1) is 13.8 Å². The molecule has 132 valence electrons. The summed E-state index contributed by atoms with van der Waals surface area (Å²) in [7, 11) is 0. The minimum atomic E-state index is 0. The molecular weight excluding hydrogens is 381 g/mol. The number of nitrogens with zero attached hydrogens (tertiary/aromatic N) is 1. The fourth-order valence-electron chi connectivity index (χ4n) is 3.04. The van der Waals surface area contributed by atoms with Crippen molar-refractivity contribution in [3.63, 3.8) is 0 Å². The second-order valence-electron chi connectivity index (χ2n) is 6.50. The summed E-state index contributed by atoms with van der Waals surface area (Å²) in [5.41, 5.74) is 5.80. The zero-order chi connectivity index (χ0) is 18.7. The summed E-state index contributed by atoms with van der Waals surface area (Å²) in [6.45, 7) is 5.00. The molecule has 2 aromatic rings. The topological polar surface area (TPSA) is 20.3 Å². The summed E-state index contributed by atoms with van der Waals surface area (Å²) in [5.74, 6) is 0.0685. The zero-order valence-electron chi connectivity index (χ0n) is 15.9. The molecule has 0 unspecified atom stereocenters. The maximum atomic E-state index is 13.1. The van der Waals surface area contributed by atoms with Gasteiger partial charge in [0.25, 0.3) is 0 Å². The van der Waals surface area contributed by atoms with Gasteiger partial charge in [-0.1, -0.05) is 52.9 Å². The van der Waals surface area contributed by atoms with Crippen LogP contribution in [0.4, 0.5) is 0 Å². The largest absolute Gasteiger partial charge is 1.00 e. The number of rotatable bonds is 2. The molecule has 3 rings (SSSR count). The fraction of sp³-hybridized carbons (Fsp3) is 0.182. The van der Waals surface area contributed by atoms with Gasteiger partial charge >= 0.3 is 29.6 Å². The number of aryl methyl sites for hydroxylation is 2. The maximum Gasteiger partial charge on any atom is 1.00 e. The Morgan fingerprint density at radius 1 is 0.926 bits per heavy atom. The van der Waals surface area contributed by atoms with Gasteiger partial charge in [0.1, 0.15) is 0 Å². The molecule has 27 heavy (non-hydrogen) atoms. The van der Waals surface area contributed by atoms with Crippen molar-refractivity contribution in [1.82, 2.24) is 4.90 Å². The minimum absolute atomic E-state index is 0. The summed E-state index contributed by atoms with van der Waals surface area (Å²) in [5, 5.41) is 0. The Balaban J connectivity index is 0.00000261. The third kappa shape index (κ3) is 5.37. The summed E-state index contributed by atoms with van der Waals surface area (Å²) in [6.07, 6.45) is 3.92. The van der Waals surface area contributed by atoms with Crippen LogP contribution in [0.3, 0.4) is 0 Å². The molecule has 5 heteroatoms. The number of thiocarbonyl (C=S) groups is 1. The van der Waals surface area contributed by atoms with E-state index in [2.05, 4.69) is 0 Å². The molecule has 0 spiro atoms. The molecule has 0 bridgehead atoms. The van der Waals surface area contributed by atoms with Crippen LogP contribution in [0.1, 0.15) is 22.3 Å². The quantitative estimate of drug-likeness (QED) is 0.329. The molecule has 0 aromatic heterocycles. The number of likely N-dealkylation sites (tertiary alicyclic amines) is 1. The fourth-order valence-corrected chi connectivity index (χ4v) is 3.30. The molecule has 0 saturated carbocycles. The van der Waals surface area contributed by atoms with E-state index in [0.29, 0.717) is 17.4 Å². The molecule has 2 aromatic carbocycles. The zero-order valence-corrected chi connectivity index (χ0v) is 19.5. The van der Waals surface area contributed by atoms with Crippen LogP contribution < -0.4 is 29.6 Å². The molecule has 1 saturated heterocycles. The molecule has 0 radical (unpaired) electrons. The maximum absolute atomic E-state index is 13.1. The van der Waals surface area contributed by atoms with Crippen molar-refractivity contribution in [3.05, 3.63) is 81.9 Å². The van der Waals surface area contributed by atoms with Gasteiger partial charge in [0.05, 0.1) is 0 Å². The molecular formula is C22H20NNaOS2. The molecule has 0 atom stereocenters. The van der Waals surface area contributed by atoms with Gasteiger partial charge in [-0.05, 0) is 48.3 Å². The van der Waals surface area contributed by atoms with Crippen molar-refractivity contribution in [2.75, 3.05) is 13.1 Å². The molecule has 1 fully saturated rings. The third-order valence-electron chi connectivity index (χ3n) is 4.60. The Morgan fingerprint density at radius 3 is 1.70 bits per heavy atom. The van der Waals surface area contributed by atoms with E-state index in [4.69, 9.17) is 24.8 Å². The summed E-state index contributed by atoms with van der Waals surface area (Å²) >= 11 is 10.4. The first-order chi connectivity index (χ1) is 12.5.